The predicted molar refractivity (Wildman–Crippen MR) is 102 cm³/mol. The van der Waals surface area contributed by atoms with Crippen LogP contribution in [0.3, 0.4) is 0 Å². The number of piperazine rings is 1. The number of hydrogen-bond donors (Lipinski definition) is 1. The molecule has 2 heterocycles. The third-order valence-electron chi connectivity index (χ3n) is 4.13. The fraction of sp³-hybridized carbons (Fsp3) is 0.812. The highest BCUT2D eigenvalue weighted by molar-refractivity contribution is 7.89. The minimum Gasteiger partial charge on any atom is -0.378 e. The van der Waals surface area contributed by atoms with E-state index < -0.39 is 10.0 Å². The maximum atomic E-state index is 12.4. The molecule has 0 radical (unpaired) electrons. The van der Waals surface area contributed by atoms with Crippen molar-refractivity contribution in [2.75, 3.05) is 52.1 Å². The zero-order chi connectivity index (χ0) is 19.9. The molecule has 1 aliphatic rings. The Balaban J connectivity index is 1.77. The minimum absolute atomic E-state index is 0.0156. The molecule has 1 N–H and O–H groups in total. The van der Waals surface area contributed by atoms with E-state index in [1.54, 1.807) is 14.0 Å². The number of aromatic nitrogens is 2. The fourth-order valence-corrected chi connectivity index (χ4v) is 4.04. The average molecular weight is 403 g/mol. The zero-order valence-corrected chi connectivity index (χ0v) is 17.3. The molecule has 1 saturated heterocycles. The summed E-state index contributed by atoms with van der Waals surface area (Å²) in [6.45, 7) is 8.45. The first kappa shape index (κ1) is 21.6. The summed E-state index contributed by atoms with van der Waals surface area (Å²) in [5.74, 6) is 1.95. The van der Waals surface area contributed by atoms with E-state index in [9.17, 15) is 8.42 Å². The van der Waals surface area contributed by atoms with Crippen molar-refractivity contribution in [3.05, 3.63) is 11.7 Å². The molecule has 1 fully saturated rings. The van der Waals surface area contributed by atoms with E-state index in [4.69, 9.17) is 9.26 Å². The van der Waals surface area contributed by atoms with E-state index in [0.717, 1.165) is 5.96 Å². The van der Waals surface area contributed by atoms with Gasteiger partial charge in [-0.25, -0.2) is 8.42 Å². The molecule has 2 rings (SSSR count). The molecule has 0 bridgehead atoms. The molecular formula is C16H30N6O4S. The van der Waals surface area contributed by atoms with Gasteiger partial charge in [0.2, 0.25) is 15.9 Å². The van der Waals surface area contributed by atoms with Crippen molar-refractivity contribution < 1.29 is 17.7 Å². The SMILES string of the molecule is CN=C(NCCc1nc(C)no1)N1CCN(S(=O)(=O)CCOC(C)C)CC1. The van der Waals surface area contributed by atoms with Crippen molar-refractivity contribution in [1.82, 2.24) is 24.7 Å². The van der Waals surface area contributed by atoms with Crippen molar-refractivity contribution in [2.24, 2.45) is 4.99 Å². The molecule has 0 unspecified atom stereocenters. The Bertz CT molecular complexity index is 710. The minimum atomic E-state index is -3.29. The Kier molecular flexibility index (Phi) is 7.99. The summed E-state index contributed by atoms with van der Waals surface area (Å²) < 4.78 is 36.8. The Morgan fingerprint density at radius 3 is 2.59 bits per heavy atom. The first-order valence-electron chi connectivity index (χ1n) is 9.16. The summed E-state index contributed by atoms with van der Waals surface area (Å²) in [7, 11) is -1.58. The molecule has 1 aromatic heterocycles. The summed E-state index contributed by atoms with van der Waals surface area (Å²) in [4.78, 5) is 10.5. The topological polar surface area (TPSA) is 113 Å². The van der Waals surface area contributed by atoms with Gasteiger partial charge >= 0.3 is 0 Å². The van der Waals surface area contributed by atoms with Crippen molar-refractivity contribution in [3.63, 3.8) is 0 Å². The summed E-state index contributed by atoms with van der Waals surface area (Å²) in [5.41, 5.74) is 0. The summed E-state index contributed by atoms with van der Waals surface area (Å²) in [5, 5.41) is 7.02. The number of aryl methyl sites for hydroxylation is 1. The van der Waals surface area contributed by atoms with E-state index in [1.807, 2.05) is 13.8 Å². The van der Waals surface area contributed by atoms with Gasteiger partial charge in [-0.3, -0.25) is 4.99 Å². The molecule has 0 atom stereocenters. The molecule has 0 aromatic carbocycles. The van der Waals surface area contributed by atoms with Crippen LogP contribution in [0.2, 0.25) is 0 Å². The first-order valence-corrected chi connectivity index (χ1v) is 10.8. The van der Waals surface area contributed by atoms with E-state index in [-0.39, 0.29) is 18.5 Å². The van der Waals surface area contributed by atoms with Crippen molar-refractivity contribution in [1.29, 1.82) is 0 Å². The maximum absolute atomic E-state index is 12.4. The van der Waals surface area contributed by atoms with Crippen LogP contribution in [-0.2, 0) is 21.2 Å². The molecule has 1 aromatic rings. The van der Waals surface area contributed by atoms with Gasteiger partial charge in [-0.05, 0) is 20.8 Å². The number of nitrogens with zero attached hydrogens (tertiary/aromatic N) is 5. The third-order valence-corrected chi connectivity index (χ3v) is 5.96. The Morgan fingerprint density at radius 2 is 2.04 bits per heavy atom. The predicted octanol–water partition coefficient (Wildman–Crippen LogP) is -0.132. The van der Waals surface area contributed by atoms with Gasteiger partial charge in [-0.1, -0.05) is 5.16 Å². The molecule has 10 nitrogen and oxygen atoms in total. The second kappa shape index (κ2) is 10.00. The second-order valence-corrected chi connectivity index (χ2v) is 8.67. The van der Waals surface area contributed by atoms with Gasteiger partial charge in [0.1, 0.15) is 0 Å². The maximum Gasteiger partial charge on any atom is 0.228 e. The van der Waals surface area contributed by atoms with Crippen LogP contribution in [0.5, 0.6) is 0 Å². The van der Waals surface area contributed by atoms with Crippen LogP contribution >= 0.6 is 0 Å². The summed E-state index contributed by atoms with van der Waals surface area (Å²) in [6.07, 6.45) is 0.631. The van der Waals surface area contributed by atoms with Crippen LogP contribution in [0, 0.1) is 6.92 Å². The number of aliphatic imine (C=N–C) groups is 1. The van der Waals surface area contributed by atoms with Crippen LogP contribution in [0.15, 0.2) is 9.52 Å². The van der Waals surface area contributed by atoms with Crippen LogP contribution in [-0.4, -0.2) is 92.0 Å². The Morgan fingerprint density at radius 1 is 1.33 bits per heavy atom. The van der Waals surface area contributed by atoms with Crippen LogP contribution in [0.4, 0.5) is 0 Å². The van der Waals surface area contributed by atoms with Crippen LogP contribution in [0.1, 0.15) is 25.6 Å². The third kappa shape index (κ3) is 6.74. The lowest BCUT2D eigenvalue weighted by Crippen LogP contribution is -2.54. The number of rotatable bonds is 8. The highest BCUT2D eigenvalue weighted by Gasteiger charge is 2.28. The largest absolute Gasteiger partial charge is 0.378 e. The number of hydrogen-bond acceptors (Lipinski definition) is 7. The van der Waals surface area contributed by atoms with Gasteiger partial charge in [0.15, 0.2) is 11.8 Å². The van der Waals surface area contributed by atoms with Crippen LogP contribution in [0.25, 0.3) is 0 Å². The molecule has 0 amide bonds. The van der Waals surface area contributed by atoms with Crippen molar-refractivity contribution >= 4 is 16.0 Å². The van der Waals surface area contributed by atoms with Gasteiger partial charge in [-0.15, -0.1) is 0 Å². The first-order chi connectivity index (χ1) is 12.8. The highest BCUT2D eigenvalue weighted by Crippen LogP contribution is 2.09. The van der Waals surface area contributed by atoms with Gasteiger partial charge in [0.25, 0.3) is 0 Å². The Labute approximate surface area is 161 Å². The second-order valence-electron chi connectivity index (χ2n) is 6.58. The quantitative estimate of drug-likeness (QED) is 0.472. The van der Waals surface area contributed by atoms with E-state index in [1.165, 1.54) is 4.31 Å². The Hall–Kier alpha value is -1.72. The molecule has 27 heavy (non-hydrogen) atoms. The lowest BCUT2D eigenvalue weighted by atomic mass is 10.3. The fourth-order valence-electron chi connectivity index (χ4n) is 2.75. The number of nitrogens with one attached hydrogen (secondary N) is 1. The van der Waals surface area contributed by atoms with Crippen molar-refractivity contribution in [3.8, 4) is 0 Å². The number of sulfonamides is 1. The average Bonchev–Trinajstić information content (AvgIpc) is 3.03. The number of ether oxygens (including phenoxy) is 1. The molecule has 1 aliphatic heterocycles. The molecular weight excluding hydrogens is 372 g/mol. The summed E-state index contributed by atoms with van der Waals surface area (Å²) >= 11 is 0. The lowest BCUT2D eigenvalue weighted by molar-refractivity contribution is 0.0904. The highest BCUT2D eigenvalue weighted by atomic mass is 32.2. The number of guanidine groups is 1. The lowest BCUT2D eigenvalue weighted by Gasteiger charge is -2.35. The normalized spacial score (nSPS) is 16.9. The van der Waals surface area contributed by atoms with Gasteiger partial charge in [0.05, 0.1) is 18.5 Å². The van der Waals surface area contributed by atoms with E-state index in [2.05, 4.69) is 25.3 Å². The van der Waals surface area contributed by atoms with Crippen LogP contribution < -0.4 is 5.32 Å². The van der Waals surface area contributed by atoms with Gasteiger partial charge in [-0.2, -0.15) is 9.29 Å². The van der Waals surface area contributed by atoms with Gasteiger partial charge in [0, 0.05) is 46.2 Å². The van der Waals surface area contributed by atoms with E-state index in [0.29, 0.717) is 50.9 Å². The van der Waals surface area contributed by atoms with E-state index >= 15 is 0 Å². The molecule has 0 spiro atoms. The molecule has 11 heteroatoms. The standard InChI is InChI=1S/C16H30N6O4S/c1-13(2)25-11-12-27(23,24)22-9-7-21(8-10-22)16(17-4)18-6-5-15-19-14(3)20-26-15/h13H,5-12H2,1-4H3,(H,17,18). The molecule has 0 aliphatic carbocycles. The smallest absolute Gasteiger partial charge is 0.228 e. The molecule has 154 valence electrons. The van der Waals surface area contributed by atoms with Gasteiger partial charge < -0.3 is 19.5 Å². The zero-order valence-electron chi connectivity index (χ0n) is 16.5. The molecule has 0 saturated carbocycles. The monoisotopic (exact) mass is 402 g/mol. The van der Waals surface area contributed by atoms with Crippen molar-refractivity contribution in [2.45, 2.75) is 33.3 Å². The summed E-state index contributed by atoms with van der Waals surface area (Å²) in [6, 6.07) is 0.